The summed E-state index contributed by atoms with van der Waals surface area (Å²) < 4.78 is 3.84. The summed E-state index contributed by atoms with van der Waals surface area (Å²) in [5.74, 6) is -0.520. The third-order valence-corrected chi connectivity index (χ3v) is 6.08. The third-order valence-electron chi connectivity index (χ3n) is 5.58. The molecule has 2 heterocycles. The molecule has 2 aromatic heterocycles. The second kappa shape index (κ2) is 9.78. The van der Waals surface area contributed by atoms with Crippen molar-refractivity contribution in [3.8, 4) is 0 Å². The van der Waals surface area contributed by atoms with E-state index in [1.165, 1.54) is 0 Å². The maximum absolute atomic E-state index is 13.5. The van der Waals surface area contributed by atoms with Crippen molar-refractivity contribution in [2.45, 2.75) is 51.2 Å². The highest BCUT2D eigenvalue weighted by atomic mass is 32.1. The molecule has 4 rings (SSSR count). The van der Waals surface area contributed by atoms with Crippen LogP contribution in [0.1, 0.15) is 58.9 Å². The van der Waals surface area contributed by atoms with E-state index in [0.717, 1.165) is 48.3 Å². The lowest BCUT2D eigenvalue weighted by molar-refractivity contribution is -0.126. The van der Waals surface area contributed by atoms with Gasteiger partial charge in [-0.2, -0.15) is 0 Å². The number of benzene rings is 1. The van der Waals surface area contributed by atoms with Crippen LogP contribution in [0, 0.1) is 6.92 Å². The smallest absolute Gasteiger partial charge is 0.276 e. The maximum atomic E-state index is 13.5. The van der Waals surface area contributed by atoms with Crippen molar-refractivity contribution in [2.75, 3.05) is 0 Å². The van der Waals surface area contributed by atoms with E-state index in [4.69, 9.17) is 0 Å². The lowest BCUT2D eigenvalue weighted by atomic mass is 10.0. The van der Waals surface area contributed by atoms with E-state index in [1.54, 1.807) is 28.7 Å². The van der Waals surface area contributed by atoms with E-state index in [2.05, 4.69) is 19.9 Å². The Hall–Kier alpha value is -3.13. The van der Waals surface area contributed by atoms with Crippen LogP contribution in [-0.4, -0.2) is 37.3 Å². The Morgan fingerprint density at radius 1 is 1.19 bits per heavy atom. The number of nitrogens with one attached hydrogen (secondary N) is 1. The van der Waals surface area contributed by atoms with Gasteiger partial charge in [0.2, 0.25) is 5.91 Å². The summed E-state index contributed by atoms with van der Waals surface area (Å²) in [6, 6.07) is 10.9. The van der Waals surface area contributed by atoms with Gasteiger partial charge in [0.15, 0.2) is 5.69 Å². The molecular weight excluding hydrogens is 410 g/mol. The Bertz CT molecular complexity index is 1000. The van der Waals surface area contributed by atoms with Gasteiger partial charge in [0.05, 0.1) is 0 Å². The number of hydrogen-bond donors (Lipinski definition) is 1. The molecule has 31 heavy (non-hydrogen) atoms. The SMILES string of the molecule is Cc1ccc(CN(C(=O)c2csnn2)[C@H](C(=O)NC2CCCC2)c2cccnc2)cc1. The Kier molecular flexibility index (Phi) is 6.66. The molecule has 0 spiro atoms. The molecule has 0 aliphatic heterocycles. The van der Waals surface area contributed by atoms with E-state index >= 15 is 0 Å². The van der Waals surface area contributed by atoms with Crippen molar-refractivity contribution >= 4 is 23.3 Å². The van der Waals surface area contributed by atoms with Crippen LogP contribution in [0.4, 0.5) is 0 Å². The third kappa shape index (κ3) is 5.14. The molecule has 3 aromatic rings. The van der Waals surface area contributed by atoms with Gasteiger partial charge >= 0.3 is 0 Å². The first-order chi connectivity index (χ1) is 15.1. The molecule has 1 aromatic carbocycles. The highest BCUT2D eigenvalue weighted by Gasteiger charge is 2.34. The fraction of sp³-hybridized carbons (Fsp3) is 0.348. The monoisotopic (exact) mass is 435 g/mol. The minimum Gasteiger partial charge on any atom is -0.351 e. The van der Waals surface area contributed by atoms with Gasteiger partial charge in [-0.05, 0) is 42.9 Å². The molecule has 2 amide bonds. The van der Waals surface area contributed by atoms with Crippen molar-refractivity contribution in [1.82, 2.24) is 24.8 Å². The fourth-order valence-corrected chi connectivity index (χ4v) is 4.37. The van der Waals surface area contributed by atoms with Gasteiger partial charge in [0.25, 0.3) is 5.91 Å². The Labute approximate surface area is 185 Å². The number of aromatic nitrogens is 3. The number of carbonyl (C=O) groups is 2. The summed E-state index contributed by atoms with van der Waals surface area (Å²) in [6.07, 6.45) is 7.46. The molecule has 7 nitrogen and oxygen atoms in total. The van der Waals surface area contributed by atoms with E-state index in [1.807, 2.05) is 37.3 Å². The molecule has 1 N–H and O–H groups in total. The van der Waals surface area contributed by atoms with Crippen LogP contribution in [0.15, 0.2) is 54.2 Å². The van der Waals surface area contributed by atoms with E-state index in [9.17, 15) is 9.59 Å². The second-order valence-corrected chi connectivity index (χ2v) is 8.50. The molecular formula is C23H25N5O2S. The Balaban J connectivity index is 1.71. The number of amides is 2. The first-order valence-corrected chi connectivity index (χ1v) is 11.3. The predicted octanol–water partition coefficient (Wildman–Crippen LogP) is 3.68. The zero-order valence-electron chi connectivity index (χ0n) is 17.4. The maximum Gasteiger partial charge on any atom is 0.276 e. The van der Waals surface area contributed by atoms with Gasteiger partial charge in [-0.3, -0.25) is 14.6 Å². The summed E-state index contributed by atoms with van der Waals surface area (Å²) >= 11 is 1.11. The highest BCUT2D eigenvalue weighted by molar-refractivity contribution is 7.03. The summed E-state index contributed by atoms with van der Waals surface area (Å²) in [7, 11) is 0. The van der Waals surface area contributed by atoms with Gasteiger partial charge in [-0.15, -0.1) is 5.10 Å². The molecule has 1 atom stereocenters. The molecule has 8 heteroatoms. The largest absolute Gasteiger partial charge is 0.351 e. The molecule has 0 saturated heterocycles. The normalized spacial score (nSPS) is 14.9. The van der Waals surface area contributed by atoms with Crippen LogP contribution >= 0.6 is 11.5 Å². The van der Waals surface area contributed by atoms with Crippen molar-refractivity contribution < 1.29 is 9.59 Å². The van der Waals surface area contributed by atoms with Crippen LogP contribution < -0.4 is 5.32 Å². The standard InChI is InChI=1S/C23H25N5O2S/c1-16-8-10-17(11-9-16)14-28(23(30)20-15-31-27-26-20)21(18-5-4-12-24-13-18)22(29)25-19-6-2-3-7-19/h4-5,8-13,15,19,21H,2-3,6-7,14H2,1H3,(H,25,29)/t21-/m0/s1. The summed E-state index contributed by atoms with van der Waals surface area (Å²) in [6.45, 7) is 2.29. The van der Waals surface area contributed by atoms with Crippen LogP contribution in [0.2, 0.25) is 0 Å². The van der Waals surface area contributed by atoms with Crippen molar-refractivity contribution in [1.29, 1.82) is 0 Å². The number of hydrogen-bond acceptors (Lipinski definition) is 6. The van der Waals surface area contributed by atoms with Gasteiger partial charge in [-0.1, -0.05) is 53.2 Å². The average Bonchev–Trinajstić information content (AvgIpc) is 3.49. The summed E-state index contributed by atoms with van der Waals surface area (Å²) in [4.78, 5) is 32.7. The predicted molar refractivity (Wildman–Crippen MR) is 118 cm³/mol. The molecule has 1 aliphatic carbocycles. The summed E-state index contributed by atoms with van der Waals surface area (Å²) in [5.41, 5.74) is 2.97. The first-order valence-electron chi connectivity index (χ1n) is 10.5. The van der Waals surface area contributed by atoms with Crippen LogP contribution in [0.25, 0.3) is 0 Å². The minimum atomic E-state index is -0.815. The van der Waals surface area contributed by atoms with E-state index in [-0.39, 0.29) is 30.1 Å². The Morgan fingerprint density at radius 3 is 2.61 bits per heavy atom. The topological polar surface area (TPSA) is 88.1 Å². The molecule has 1 fully saturated rings. The molecule has 0 radical (unpaired) electrons. The van der Waals surface area contributed by atoms with Gasteiger partial charge in [0.1, 0.15) is 6.04 Å². The van der Waals surface area contributed by atoms with Gasteiger partial charge in [0, 0.05) is 35.9 Å². The number of rotatable bonds is 7. The lowest BCUT2D eigenvalue weighted by Gasteiger charge is -2.31. The van der Waals surface area contributed by atoms with E-state index in [0.29, 0.717) is 5.56 Å². The first kappa shape index (κ1) is 21.1. The van der Waals surface area contributed by atoms with Crippen LogP contribution in [0.3, 0.4) is 0 Å². The number of aryl methyl sites for hydroxylation is 1. The zero-order chi connectivity index (χ0) is 21.6. The Morgan fingerprint density at radius 2 is 1.97 bits per heavy atom. The van der Waals surface area contributed by atoms with Crippen molar-refractivity contribution in [3.63, 3.8) is 0 Å². The minimum absolute atomic E-state index is 0.143. The average molecular weight is 436 g/mol. The molecule has 0 unspecified atom stereocenters. The van der Waals surface area contributed by atoms with Crippen LogP contribution in [-0.2, 0) is 11.3 Å². The fourth-order valence-electron chi connectivity index (χ4n) is 3.94. The van der Waals surface area contributed by atoms with Crippen molar-refractivity contribution in [3.05, 3.63) is 76.6 Å². The number of nitrogens with zero attached hydrogens (tertiary/aromatic N) is 4. The highest BCUT2D eigenvalue weighted by Crippen LogP contribution is 2.27. The molecule has 1 saturated carbocycles. The van der Waals surface area contributed by atoms with Gasteiger partial charge < -0.3 is 10.2 Å². The second-order valence-electron chi connectivity index (χ2n) is 7.89. The van der Waals surface area contributed by atoms with Gasteiger partial charge in [-0.25, -0.2) is 0 Å². The molecule has 1 aliphatic rings. The molecule has 160 valence electrons. The van der Waals surface area contributed by atoms with Crippen molar-refractivity contribution in [2.24, 2.45) is 0 Å². The zero-order valence-corrected chi connectivity index (χ0v) is 18.2. The number of pyridine rings is 1. The lowest BCUT2D eigenvalue weighted by Crippen LogP contribution is -2.46. The summed E-state index contributed by atoms with van der Waals surface area (Å²) in [5, 5.41) is 8.73. The molecule has 0 bridgehead atoms. The number of carbonyl (C=O) groups excluding carboxylic acids is 2. The van der Waals surface area contributed by atoms with Crippen LogP contribution in [0.5, 0.6) is 0 Å². The van der Waals surface area contributed by atoms with E-state index < -0.39 is 6.04 Å². The quantitative estimate of drug-likeness (QED) is 0.612.